The Labute approximate surface area is 183 Å². The number of aryl methyl sites for hydroxylation is 3. The molecule has 0 fully saturated rings. The number of nitrogens with one attached hydrogen (secondary N) is 1. The van der Waals surface area contributed by atoms with E-state index in [4.69, 9.17) is 0 Å². The Kier molecular flexibility index (Phi) is 5.68. The number of amides is 1. The fourth-order valence-electron chi connectivity index (χ4n) is 4.06. The fraction of sp³-hybridized carbons (Fsp3) is 0.308. The van der Waals surface area contributed by atoms with Crippen LogP contribution in [0.4, 0.5) is 0 Å². The van der Waals surface area contributed by atoms with E-state index < -0.39 is 0 Å². The lowest BCUT2D eigenvalue weighted by atomic mass is 9.99. The molecule has 0 aliphatic heterocycles. The van der Waals surface area contributed by atoms with Gasteiger partial charge in [0.1, 0.15) is 11.5 Å². The highest BCUT2D eigenvalue weighted by Crippen LogP contribution is 2.26. The number of H-pyrrole nitrogens is 1. The Morgan fingerprint density at radius 1 is 1.03 bits per heavy atom. The van der Waals surface area contributed by atoms with Crippen LogP contribution in [0.15, 0.2) is 48.5 Å². The van der Waals surface area contributed by atoms with Crippen molar-refractivity contribution in [2.75, 3.05) is 6.54 Å². The van der Waals surface area contributed by atoms with Gasteiger partial charge in [-0.3, -0.25) is 4.79 Å². The maximum Gasteiger partial charge on any atom is 0.270 e. The molecule has 1 N–H and O–H groups in total. The first kappa shape index (κ1) is 20.9. The SMILES string of the molecule is CCCN(Cc1cc(-c2ccc3nc(C)[nH]c3c2)ccc1C)C(=O)c1ccc(C)n1C. The molecular formula is C26H30N4O. The molecule has 2 heterocycles. The summed E-state index contributed by atoms with van der Waals surface area (Å²) >= 11 is 0. The first-order valence-corrected chi connectivity index (χ1v) is 10.8. The van der Waals surface area contributed by atoms with Crippen LogP contribution in [-0.4, -0.2) is 31.9 Å². The van der Waals surface area contributed by atoms with Crippen LogP contribution >= 0.6 is 0 Å². The van der Waals surface area contributed by atoms with Crippen molar-refractivity contribution in [3.05, 3.63) is 76.9 Å². The summed E-state index contributed by atoms with van der Waals surface area (Å²) < 4.78 is 1.97. The monoisotopic (exact) mass is 414 g/mol. The van der Waals surface area contributed by atoms with Gasteiger partial charge in [0.05, 0.1) is 11.0 Å². The Hall–Kier alpha value is -3.34. The zero-order chi connectivity index (χ0) is 22.1. The number of imidazole rings is 1. The molecule has 0 aliphatic carbocycles. The van der Waals surface area contributed by atoms with Crippen molar-refractivity contribution in [2.24, 2.45) is 7.05 Å². The Morgan fingerprint density at radius 2 is 1.77 bits per heavy atom. The van der Waals surface area contributed by atoms with Crippen molar-refractivity contribution in [1.29, 1.82) is 0 Å². The van der Waals surface area contributed by atoms with E-state index in [2.05, 4.69) is 60.2 Å². The molecule has 0 saturated carbocycles. The third-order valence-electron chi connectivity index (χ3n) is 6.02. The summed E-state index contributed by atoms with van der Waals surface area (Å²) in [5, 5.41) is 0. The lowest BCUT2D eigenvalue weighted by Gasteiger charge is -2.24. The first-order valence-electron chi connectivity index (χ1n) is 10.8. The fourth-order valence-corrected chi connectivity index (χ4v) is 4.06. The molecule has 2 aromatic heterocycles. The zero-order valence-corrected chi connectivity index (χ0v) is 19.0. The summed E-state index contributed by atoms with van der Waals surface area (Å²) in [6, 6.07) is 16.7. The molecular weight excluding hydrogens is 384 g/mol. The Bertz CT molecular complexity index is 1250. The second kappa shape index (κ2) is 8.42. The molecule has 5 heteroatoms. The highest BCUT2D eigenvalue weighted by Gasteiger charge is 2.19. The van der Waals surface area contributed by atoms with Gasteiger partial charge < -0.3 is 14.5 Å². The van der Waals surface area contributed by atoms with Gasteiger partial charge in [0.15, 0.2) is 0 Å². The molecule has 31 heavy (non-hydrogen) atoms. The number of hydrogen-bond donors (Lipinski definition) is 1. The highest BCUT2D eigenvalue weighted by atomic mass is 16.2. The maximum absolute atomic E-state index is 13.3. The van der Waals surface area contributed by atoms with Crippen LogP contribution in [0.5, 0.6) is 0 Å². The minimum Gasteiger partial charge on any atom is -0.344 e. The predicted molar refractivity (Wildman–Crippen MR) is 126 cm³/mol. The number of aromatic nitrogens is 3. The lowest BCUT2D eigenvalue weighted by molar-refractivity contribution is 0.0733. The Morgan fingerprint density at radius 3 is 2.48 bits per heavy atom. The average Bonchev–Trinajstić information content (AvgIpc) is 3.29. The number of benzene rings is 2. The smallest absolute Gasteiger partial charge is 0.270 e. The van der Waals surface area contributed by atoms with Crippen LogP contribution in [-0.2, 0) is 13.6 Å². The summed E-state index contributed by atoms with van der Waals surface area (Å²) in [6.07, 6.45) is 0.920. The molecule has 160 valence electrons. The number of nitrogens with zero attached hydrogens (tertiary/aromatic N) is 3. The van der Waals surface area contributed by atoms with Crippen molar-refractivity contribution in [3.63, 3.8) is 0 Å². The van der Waals surface area contributed by atoms with Gasteiger partial charge in [-0.15, -0.1) is 0 Å². The normalized spacial score (nSPS) is 11.3. The molecule has 0 spiro atoms. The highest BCUT2D eigenvalue weighted by molar-refractivity contribution is 5.93. The van der Waals surface area contributed by atoms with Gasteiger partial charge in [0.2, 0.25) is 0 Å². The Balaban J connectivity index is 1.66. The quantitative estimate of drug-likeness (QED) is 0.450. The summed E-state index contributed by atoms with van der Waals surface area (Å²) in [5.41, 5.74) is 8.50. The van der Waals surface area contributed by atoms with Gasteiger partial charge in [-0.05, 0) is 79.8 Å². The number of rotatable bonds is 6. The number of carbonyl (C=O) groups excluding carboxylic acids is 1. The van der Waals surface area contributed by atoms with Crippen molar-refractivity contribution >= 4 is 16.9 Å². The van der Waals surface area contributed by atoms with Crippen LogP contribution in [0.3, 0.4) is 0 Å². The molecule has 5 nitrogen and oxygen atoms in total. The average molecular weight is 415 g/mol. The van der Waals surface area contributed by atoms with Crippen molar-refractivity contribution in [3.8, 4) is 11.1 Å². The van der Waals surface area contributed by atoms with Gasteiger partial charge >= 0.3 is 0 Å². The van der Waals surface area contributed by atoms with E-state index in [0.29, 0.717) is 6.54 Å². The van der Waals surface area contributed by atoms with Crippen LogP contribution in [0.1, 0.15) is 46.5 Å². The number of aromatic amines is 1. The van der Waals surface area contributed by atoms with Crippen LogP contribution in [0, 0.1) is 20.8 Å². The molecule has 4 aromatic rings. The maximum atomic E-state index is 13.3. The van der Waals surface area contributed by atoms with Gasteiger partial charge in [0, 0.05) is 25.8 Å². The molecule has 0 aliphatic rings. The molecule has 2 aromatic carbocycles. The summed E-state index contributed by atoms with van der Waals surface area (Å²) in [6.45, 7) is 9.54. The zero-order valence-electron chi connectivity index (χ0n) is 19.0. The van der Waals surface area contributed by atoms with E-state index in [1.54, 1.807) is 0 Å². The summed E-state index contributed by atoms with van der Waals surface area (Å²) in [4.78, 5) is 23.1. The van der Waals surface area contributed by atoms with Crippen LogP contribution < -0.4 is 0 Å². The van der Waals surface area contributed by atoms with Gasteiger partial charge in [-0.25, -0.2) is 4.98 Å². The predicted octanol–water partition coefficient (Wildman–Crippen LogP) is 5.55. The van der Waals surface area contributed by atoms with Crippen molar-refractivity contribution in [1.82, 2.24) is 19.4 Å². The third-order valence-corrected chi connectivity index (χ3v) is 6.02. The first-order chi connectivity index (χ1) is 14.9. The minimum absolute atomic E-state index is 0.0802. The molecule has 1 amide bonds. The van der Waals surface area contributed by atoms with Gasteiger partial charge in [-0.1, -0.05) is 25.1 Å². The number of carbonyl (C=O) groups is 1. The standard InChI is InChI=1S/C26H30N4O/c1-6-13-30(26(31)25-12-8-18(3)29(25)5)16-22-14-20(9-7-17(22)2)21-10-11-23-24(15-21)28-19(4)27-23/h7-12,14-15H,6,13,16H2,1-5H3,(H,27,28). The third kappa shape index (κ3) is 4.13. The van der Waals surface area contributed by atoms with E-state index in [0.717, 1.165) is 52.3 Å². The summed E-state index contributed by atoms with van der Waals surface area (Å²) in [5.74, 6) is 0.998. The van der Waals surface area contributed by atoms with E-state index in [9.17, 15) is 4.79 Å². The molecule has 0 atom stereocenters. The molecule has 0 saturated heterocycles. The van der Waals surface area contributed by atoms with Crippen LogP contribution in [0.2, 0.25) is 0 Å². The van der Waals surface area contributed by atoms with E-state index in [1.807, 2.05) is 42.5 Å². The molecule has 4 rings (SSSR count). The van der Waals surface area contributed by atoms with Gasteiger partial charge in [-0.2, -0.15) is 0 Å². The lowest BCUT2D eigenvalue weighted by Crippen LogP contribution is -2.32. The van der Waals surface area contributed by atoms with E-state index in [-0.39, 0.29) is 5.91 Å². The van der Waals surface area contributed by atoms with Gasteiger partial charge in [0.25, 0.3) is 5.91 Å². The van der Waals surface area contributed by atoms with E-state index in [1.165, 1.54) is 11.1 Å². The molecule has 0 bridgehead atoms. The second-order valence-electron chi connectivity index (χ2n) is 8.34. The second-order valence-corrected chi connectivity index (χ2v) is 8.34. The summed E-state index contributed by atoms with van der Waals surface area (Å²) in [7, 11) is 1.95. The topological polar surface area (TPSA) is 53.9 Å². The largest absolute Gasteiger partial charge is 0.344 e. The molecule has 0 unspecified atom stereocenters. The van der Waals surface area contributed by atoms with Crippen molar-refractivity contribution in [2.45, 2.75) is 40.7 Å². The number of fused-ring (bicyclic) bond motifs is 1. The number of hydrogen-bond acceptors (Lipinski definition) is 2. The van der Waals surface area contributed by atoms with Crippen molar-refractivity contribution < 1.29 is 4.79 Å². The van der Waals surface area contributed by atoms with E-state index >= 15 is 0 Å². The minimum atomic E-state index is 0.0802. The molecule has 0 radical (unpaired) electrons. The van der Waals surface area contributed by atoms with Crippen LogP contribution in [0.25, 0.3) is 22.2 Å².